The molecule has 0 spiro atoms. The predicted octanol–water partition coefficient (Wildman–Crippen LogP) is 6.40. The number of nitrogens with zero attached hydrogens (tertiary/aromatic N) is 2. The van der Waals surface area contributed by atoms with Crippen LogP contribution < -0.4 is 10.2 Å². The first-order valence-corrected chi connectivity index (χ1v) is 13.3. The average Bonchev–Trinajstić information content (AvgIpc) is 3.04. The largest absolute Gasteiger partial charge is 0.366 e. The Morgan fingerprint density at radius 3 is 2.50 bits per heavy atom. The summed E-state index contributed by atoms with van der Waals surface area (Å²) in [5.41, 5.74) is 7.40. The zero-order chi connectivity index (χ0) is 26.4. The summed E-state index contributed by atoms with van der Waals surface area (Å²) in [6, 6.07) is 9.98. The number of hydrogen-bond acceptors (Lipinski definition) is 5. The number of anilines is 2. The van der Waals surface area contributed by atoms with Gasteiger partial charge in [-0.05, 0) is 124 Å². The number of carbonyl (C=O) groups excluding carboxylic acids is 3. The van der Waals surface area contributed by atoms with Crippen LogP contribution in [0.15, 0.2) is 35.2 Å². The fourth-order valence-electron chi connectivity index (χ4n) is 5.35. The van der Waals surface area contributed by atoms with Crippen LogP contribution in [-0.4, -0.2) is 40.6 Å². The highest BCUT2D eigenvalue weighted by molar-refractivity contribution is 8.18. The Morgan fingerprint density at radius 1 is 1.11 bits per heavy atom. The van der Waals surface area contributed by atoms with E-state index in [4.69, 9.17) is 0 Å². The zero-order valence-corrected chi connectivity index (χ0v) is 23.0. The smallest absolute Gasteiger partial charge is 0.294 e. The summed E-state index contributed by atoms with van der Waals surface area (Å²) in [4.78, 5) is 42.1. The van der Waals surface area contributed by atoms with Gasteiger partial charge in [0.05, 0.1) is 4.91 Å². The minimum absolute atomic E-state index is 0.0790. The summed E-state index contributed by atoms with van der Waals surface area (Å²) in [6.45, 7) is 15.6. The second kappa shape index (κ2) is 9.77. The third kappa shape index (κ3) is 4.94. The van der Waals surface area contributed by atoms with Crippen molar-refractivity contribution in [2.24, 2.45) is 0 Å². The fraction of sp³-hybridized carbons (Fsp3) is 0.414. The fourth-order valence-corrected chi connectivity index (χ4v) is 6.17. The lowest BCUT2D eigenvalue weighted by molar-refractivity contribution is -0.127. The number of aryl methyl sites for hydroxylation is 3. The Hall–Kier alpha value is -3.06. The van der Waals surface area contributed by atoms with Crippen LogP contribution in [0.4, 0.5) is 16.2 Å². The molecule has 4 rings (SSSR count). The van der Waals surface area contributed by atoms with E-state index in [9.17, 15) is 14.4 Å². The summed E-state index contributed by atoms with van der Waals surface area (Å²) in [7, 11) is 0. The molecule has 0 aromatic heterocycles. The maximum absolute atomic E-state index is 13.1. The molecular formula is C29H35N3O3S. The van der Waals surface area contributed by atoms with Crippen LogP contribution in [0.1, 0.15) is 67.9 Å². The Morgan fingerprint density at radius 2 is 1.83 bits per heavy atom. The van der Waals surface area contributed by atoms with E-state index in [1.807, 2.05) is 39.0 Å². The molecule has 1 atom stereocenters. The van der Waals surface area contributed by atoms with Crippen molar-refractivity contribution < 1.29 is 14.4 Å². The normalized spacial score (nSPS) is 20.2. The van der Waals surface area contributed by atoms with Gasteiger partial charge in [0.25, 0.3) is 11.1 Å². The topological polar surface area (TPSA) is 69.7 Å². The minimum Gasteiger partial charge on any atom is -0.366 e. The molecule has 6 nitrogen and oxygen atoms in total. The van der Waals surface area contributed by atoms with Crippen molar-refractivity contribution >= 4 is 46.3 Å². The molecule has 2 aromatic rings. The van der Waals surface area contributed by atoms with Crippen molar-refractivity contribution in [1.29, 1.82) is 0 Å². The Balaban J connectivity index is 1.55. The maximum atomic E-state index is 13.1. The van der Waals surface area contributed by atoms with Gasteiger partial charge in [0.1, 0.15) is 6.54 Å². The van der Waals surface area contributed by atoms with E-state index in [-0.39, 0.29) is 12.1 Å². The van der Waals surface area contributed by atoms with Crippen molar-refractivity contribution in [1.82, 2.24) is 4.90 Å². The molecule has 0 saturated carbocycles. The number of imide groups is 1. The summed E-state index contributed by atoms with van der Waals surface area (Å²) in [5, 5.41) is 2.36. The van der Waals surface area contributed by atoms with Crippen molar-refractivity contribution in [3.8, 4) is 0 Å². The summed E-state index contributed by atoms with van der Waals surface area (Å²) < 4.78 is 0. The molecule has 7 heteroatoms. The third-order valence-corrected chi connectivity index (χ3v) is 8.25. The Labute approximate surface area is 218 Å². The molecule has 3 amide bonds. The Kier molecular flexibility index (Phi) is 7.06. The van der Waals surface area contributed by atoms with Crippen LogP contribution in [0.25, 0.3) is 6.08 Å². The molecule has 2 aliphatic heterocycles. The first-order chi connectivity index (χ1) is 16.9. The number of benzene rings is 2. The molecule has 2 aromatic carbocycles. The number of nitrogens with one attached hydrogen (secondary N) is 1. The zero-order valence-electron chi connectivity index (χ0n) is 22.2. The van der Waals surface area contributed by atoms with Gasteiger partial charge in [-0.1, -0.05) is 13.0 Å². The molecule has 190 valence electrons. The van der Waals surface area contributed by atoms with E-state index in [2.05, 4.69) is 50.0 Å². The van der Waals surface area contributed by atoms with Crippen molar-refractivity contribution in [2.45, 2.75) is 66.3 Å². The van der Waals surface area contributed by atoms with Gasteiger partial charge in [0.2, 0.25) is 5.91 Å². The lowest BCUT2D eigenvalue weighted by Gasteiger charge is -2.47. The van der Waals surface area contributed by atoms with E-state index < -0.39 is 17.1 Å². The molecule has 2 heterocycles. The summed E-state index contributed by atoms with van der Waals surface area (Å²) >= 11 is 0.889. The quantitative estimate of drug-likeness (QED) is 0.476. The van der Waals surface area contributed by atoms with Crippen LogP contribution in [0.2, 0.25) is 0 Å². The standard InChI is InChI=1S/C29H35N3O3S/c1-8-32-24-12-19(4)21(13-23(24)20(5)15-29(32,6)7)14-25-27(34)31(28(35)36-25)16-26(33)30-22-10-9-17(2)18(3)11-22/h9-14,20H,8,15-16H2,1-7H3,(H,30,33)/b25-14+. The molecule has 0 aliphatic carbocycles. The lowest BCUT2D eigenvalue weighted by atomic mass is 9.79. The Bertz CT molecular complexity index is 1280. The summed E-state index contributed by atoms with van der Waals surface area (Å²) in [6.07, 6.45) is 2.84. The van der Waals surface area contributed by atoms with Crippen LogP contribution in [0.5, 0.6) is 0 Å². The predicted molar refractivity (Wildman–Crippen MR) is 149 cm³/mol. The summed E-state index contributed by atoms with van der Waals surface area (Å²) in [5.74, 6) is -0.445. The van der Waals surface area contributed by atoms with Gasteiger partial charge in [-0.2, -0.15) is 0 Å². The van der Waals surface area contributed by atoms with Crippen molar-refractivity contribution in [3.63, 3.8) is 0 Å². The number of rotatable bonds is 5. The van der Waals surface area contributed by atoms with Gasteiger partial charge in [0.15, 0.2) is 0 Å². The van der Waals surface area contributed by atoms with E-state index in [0.29, 0.717) is 16.5 Å². The van der Waals surface area contributed by atoms with Gasteiger partial charge in [-0.25, -0.2) is 0 Å². The average molecular weight is 506 g/mol. The third-order valence-electron chi connectivity index (χ3n) is 7.34. The molecule has 1 fully saturated rings. The van der Waals surface area contributed by atoms with E-state index >= 15 is 0 Å². The first-order valence-electron chi connectivity index (χ1n) is 12.5. The molecule has 1 N–H and O–H groups in total. The molecule has 0 bridgehead atoms. The lowest BCUT2D eigenvalue weighted by Crippen LogP contribution is -2.48. The highest BCUT2D eigenvalue weighted by Crippen LogP contribution is 2.45. The van der Waals surface area contributed by atoms with Crippen molar-refractivity contribution in [3.05, 3.63) is 63.1 Å². The second-order valence-corrected chi connectivity index (χ2v) is 11.5. The monoisotopic (exact) mass is 505 g/mol. The number of fused-ring (bicyclic) bond motifs is 1. The van der Waals surface area contributed by atoms with Gasteiger partial charge >= 0.3 is 0 Å². The SMILES string of the molecule is CCN1c2cc(C)c(/C=C3/SC(=O)N(CC(=O)Nc4ccc(C)c(C)c4)C3=O)cc2C(C)CC1(C)C. The number of thioether (sulfide) groups is 1. The highest BCUT2D eigenvalue weighted by Gasteiger charge is 2.38. The second-order valence-electron chi connectivity index (χ2n) is 10.5. The molecule has 1 unspecified atom stereocenters. The first kappa shape index (κ1) is 26.0. The van der Waals surface area contributed by atoms with Crippen LogP contribution in [0.3, 0.4) is 0 Å². The van der Waals surface area contributed by atoms with Crippen LogP contribution in [0, 0.1) is 20.8 Å². The van der Waals surface area contributed by atoms with Crippen LogP contribution >= 0.6 is 11.8 Å². The van der Waals surface area contributed by atoms with Gasteiger partial charge < -0.3 is 10.2 Å². The van der Waals surface area contributed by atoms with E-state index in [1.165, 1.54) is 11.3 Å². The maximum Gasteiger partial charge on any atom is 0.294 e. The van der Waals surface area contributed by atoms with Gasteiger partial charge in [-0.15, -0.1) is 0 Å². The van der Waals surface area contributed by atoms with E-state index in [0.717, 1.165) is 51.9 Å². The molecular weight excluding hydrogens is 470 g/mol. The van der Waals surface area contributed by atoms with Gasteiger partial charge in [0, 0.05) is 23.5 Å². The number of hydrogen-bond donors (Lipinski definition) is 1. The molecule has 2 aliphatic rings. The van der Waals surface area contributed by atoms with Crippen molar-refractivity contribution in [2.75, 3.05) is 23.3 Å². The van der Waals surface area contributed by atoms with Gasteiger partial charge in [-0.3, -0.25) is 19.3 Å². The number of amides is 3. The molecule has 1 saturated heterocycles. The van der Waals surface area contributed by atoms with E-state index in [1.54, 1.807) is 6.08 Å². The highest BCUT2D eigenvalue weighted by atomic mass is 32.2. The molecule has 36 heavy (non-hydrogen) atoms. The number of carbonyl (C=O) groups is 3. The minimum atomic E-state index is -0.429. The van der Waals surface area contributed by atoms with Crippen LogP contribution in [-0.2, 0) is 9.59 Å². The molecule has 0 radical (unpaired) electrons.